The highest BCUT2D eigenvalue weighted by atomic mass is 19.4. The Morgan fingerprint density at radius 2 is 1.68 bits per heavy atom. The van der Waals surface area contributed by atoms with Crippen molar-refractivity contribution in [2.75, 3.05) is 6.54 Å². The Morgan fingerprint density at radius 3 is 2.16 bits per heavy atom. The number of benzene rings is 1. The SMILES string of the molecule is NC[C@H](c1ccccc1)c1ccc(C(F)(F)F)nc1. The molecular weight excluding hydrogens is 253 g/mol. The zero-order valence-corrected chi connectivity index (χ0v) is 10.1. The maximum atomic E-state index is 12.4. The van der Waals surface area contributed by atoms with Crippen LogP contribution in [0.2, 0.25) is 0 Å². The van der Waals surface area contributed by atoms with E-state index in [0.29, 0.717) is 12.1 Å². The van der Waals surface area contributed by atoms with Crippen LogP contribution in [0.4, 0.5) is 13.2 Å². The van der Waals surface area contributed by atoms with Crippen molar-refractivity contribution in [3.05, 3.63) is 65.5 Å². The summed E-state index contributed by atoms with van der Waals surface area (Å²) in [5.74, 6) is -0.143. The lowest BCUT2D eigenvalue weighted by atomic mass is 9.92. The van der Waals surface area contributed by atoms with Crippen molar-refractivity contribution in [3.63, 3.8) is 0 Å². The summed E-state index contributed by atoms with van der Waals surface area (Å²) in [4.78, 5) is 3.46. The monoisotopic (exact) mass is 266 g/mol. The number of halogens is 3. The van der Waals surface area contributed by atoms with Crippen LogP contribution in [0.25, 0.3) is 0 Å². The lowest BCUT2D eigenvalue weighted by Crippen LogP contribution is -2.15. The standard InChI is InChI=1S/C14H13F3N2/c15-14(16,17)13-7-6-11(9-19-13)12(8-18)10-4-2-1-3-5-10/h1-7,9,12H,8,18H2/t12-/m1/s1. The van der Waals surface area contributed by atoms with Gasteiger partial charge in [-0.3, -0.25) is 4.98 Å². The average Bonchev–Trinajstić information content (AvgIpc) is 2.40. The zero-order chi connectivity index (χ0) is 13.9. The normalized spacial score (nSPS) is 13.3. The van der Waals surface area contributed by atoms with Crippen LogP contribution < -0.4 is 5.73 Å². The summed E-state index contributed by atoms with van der Waals surface area (Å²) in [6.07, 6.45) is -3.17. The molecule has 1 heterocycles. The number of pyridine rings is 1. The van der Waals surface area contributed by atoms with Gasteiger partial charge in [0.05, 0.1) is 0 Å². The minimum atomic E-state index is -4.41. The molecule has 1 aromatic carbocycles. The van der Waals surface area contributed by atoms with E-state index in [4.69, 9.17) is 5.73 Å². The van der Waals surface area contributed by atoms with Crippen LogP contribution in [0.15, 0.2) is 48.7 Å². The molecule has 1 atom stereocenters. The molecule has 0 bridgehead atoms. The predicted molar refractivity (Wildman–Crippen MR) is 66.6 cm³/mol. The molecule has 2 nitrogen and oxygen atoms in total. The van der Waals surface area contributed by atoms with E-state index in [9.17, 15) is 13.2 Å². The van der Waals surface area contributed by atoms with Crippen LogP contribution in [0, 0.1) is 0 Å². The molecule has 0 amide bonds. The highest BCUT2D eigenvalue weighted by Crippen LogP contribution is 2.29. The molecule has 0 aliphatic rings. The van der Waals surface area contributed by atoms with Gasteiger partial charge in [0, 0.05) is 18.7 Å². The summed E-state index contributed by atoms with van der Waals surface area (Å²) >= 11 is 0. The molecule has 0 spiro atoms. The molecule has 2 rings (SSSR count). The second-order valence-electron chi connectivity index (χ2n) is 4.17. The van der Waals surface area contributed by atoms with Gasteiger partial charge in [-0.2, -0.15) is 13.2 Å². The van der Waals surface area contributed by atoms with Crippen molar-refractivity contribution in [2.24, 2.45) is 5.73 Å². The molecule has 19 heavy (non-hydrogen) atoms. The third-order valence-electron chi connectivity index (χ3n) is 2.92. The molecule has 0 saturated carbocycles. The Kier molecular flexibility index (Phi) is 3.85. The Labute approximate surface area is 109 Å². The van der Waals surface area contributed by atoms with Gasteiger partial charge in [-0.05, 0) is 17.2 Å². The number of rotatable bonds is 3. The topological polar surface area (TPSA) is 38.9 Å². The van der Waals surface area contributed by atoms with E-state index in [-0.39, 0.29) is 5.92 Å². The van der Waals surface area contributed by atoms with Gasteiger partial charge in [-0.25, -0.2) is 0 Å². The number of alkyl halides is 3. The zero-order valence-electron chi connectivity index (χ0n) is 10.1. The van der Waals surface area contributed by atoms with Crippen LogP contribution in [0.5, 0.6) is 0 Å². The maximum Gasteiger partial charge on any atom is 0.433 e. The number of nitrogens with two attached hydrogens (primary N) is 1. The second kappa shape index (κ2) is 5.40. The molecule has 0 unspecified atom stereocenters. The number of nitrogens with zero attached hydrogens (tertiary/aromatic N) is 1. The van der Waals surface area contributed by atoms with Gasteiger partial charge in [0.15, 0.2) is 0 Å². The molecule has 0 aliphatic heterocycles. The van der Waals surface area contributed by atoms with Crippen molar-refractivity contribution in [3.8, 4) is 0 Å². The molecule has 0 radical (unpaired) electrons. The highest BCUT2D eigenvalue weighted by Gasteiger charge is 2.32. The highest BCUT2D eigenvalue weighted by molar-refractivity contribution is 5.32. The van der Waals surface area contributed by atoms with E-state index in [1.165, 1.54) is 12.3 Å². The maximum absolute atomic E-state index is 12.4. The van der Waals surface area contributed by atoms with E-state index in [1.807, 2.05) is 30.3 Å². The lowest BCUT2D eigenvalue weighted by molar-refractivity contribution is -0.141. The van der Waals surface area contributed by atoms with Crippen LogP contribution in [0.3, 0.4) is 0 Å². The van der Waals surface area contributed by atoms with Crippen molar-refractivity contribution in [2.45, 2.75) is 12.1 Å². The van der Waals surface area contributed by atoms with Crippen molar-refractivity contribution in [1.29, 1.82) is 0 Å². The summed E-state index contributed by atoms with van der Waals surface area (Å²) in [5.41, 5.74) is 6.47. The Hall–Kier alpha value is -1.88. The number of aromatic nitrogens is 1. The minimum Gasteiger partial charge on any atom is -0.330 e. The molecule has 2 N–H and O–H groups in total. The van der Waals surface area contributed by atoms with E-state index < -0.39 is 11.9 Å². The minimum absolute atomic E-state index is 0.143. The number of hydrogen-bond acceptors (Lipinski definition) is 2. The molecule has 0 aliphatic carbocycles. The molecule has 100 valence electrons. The van der Waals surface area contributed by atoms with Gasteiger partial charge >= 0.3 is 6.18 Å². The summed E-state index contributed by atoms with van der Waals surface area (Å²) in [6.45, 7) is 0.317. The molecule has 1 aromatic heterocycles. The van der Waals surface area contributed by atoms with E-state index in [2.05, 4.69) is 4.98 Å². The fraction of sp³-hybridized carbons (Fsp3) is 0.214. The van der Waals surface area contributed by atoms with Gasteiger partial charge in [0.2, 0.25) is 0 Å². The first-order valence-corrected chi connectivity index (χ1v) is 5.80. The smallest absolute Gasteiger partial charge is 0.330 e. The fourth-order valence-electron chi connectivity index (χ4n) is 1.93. The van der Waals surface area contributed by atoms with E-state index >= 15 is 0 Å². The van der Waals surface area contributed by atoms with Crippen LogP contribution >= 0.6 is 0 Å². The molecule has 0 fully saturated rings. The Bertz CT molecular complexity index is 521. The van der Waals surface area contributed by atoms with Gasteiger partial charge in [-0.1, -0.05) is 36.4 Å². The summed E-state index contributed by atoms with van der Waals surface area (Å²) in [6, 6.07) is 11.8. The first-order chi connectivity index (χ1) is 9.02. The summed E-state index contributed by atoms with van der Waals surface area (Å²) in [7, 11) is 0. The van der Waals surface area contributed by atoms with Crippen LogP contribution in [-0.2, 0) is 6.18 Å². The van der Waals surface area contributed by atoms with Crippen LogP contribution in [0.1, 0.15) is 22.7 Å². The Balaban J connectivity index is 2.30. The lowest BCUT2D eigenvalue weighted by Gasteiger charge is -2.16. The molecular formula is C14H13F3N2. The molecule has 0 saturated heterocycles. The van der Waals surface area contributed by atoms with E-state index in [0.717, 1.165) is 11.6 Å². The third-order valence-corrected chi connectivity index (χ3v) is 2.92. The summed E-state index contributed by atoms with van der Waals surface area (Å²) in [5, 5.41) is 0. The van der Waals surface area contributed by atoms with Gasteiger partial charge in [0.1, 0.15) is 5.69 Å². The largest absolute Gasteiger partial charge is 0.433 e. The van der Waals surface area contributed by atoms with Gasteiger partial charge in [-0.15, -0.1) is 0 Å². The van der Waals surface area contributed by atoms with Crippen molar-refractivity contribution < 1.29 is 13.2 Å². The molecule has 2 aromatic rings. The van der Waals surface area contributed by atoms with Gasteiger partial charge < -0.3 is 5.73 Å². The second-order valence-corrected chi connectivity index (χ2v) is 4.17. The van der Waals surface area contributed by atoms with Crippen molar-refractivity contribution in [1.82, 2.24) is 4.98 Å². The quantitative estimate of drug-likeness (QED) is 0.926. The van der Waals surface area contributed by atoms with Gasteiger partial charge in [0.25, 0.3) is 0 Å². The first-order valence-electron chi connectivity index (χ1n) is 5.80. The van der Waals surface area contributed by atoms with Crippen LogP contribution in [-0.4, -0.2) is 11.5 Å². The third kappa shape index (κ3) is 3.12. The number of hydrogen-bond donors (Lipinski definition) is 1. The first kappa shape index (κ1) is 13.5. The summed E-state index contributed by atoms with van der Waals surface area (Å²) < 4.78 is 37.3. The Morgan fingerprint density at radius 1 is 1.00 bits per heavy atom. The predicted octanol–water partition coefficient (Wildman–Crippen LogP) is 3.19. The average molecular weight is 266 g/mol. The fourth-order valence-corrected chi connectivity index (χ4v) is 1.93. The molecule has 5 heteroatoms. The van der Waals surface area contributed by atoms with E-state index in [1.54, 1.807) is 0 Å². The van der Waals surface area contributed by atoms with Crippen molar-refractivity contribution >= 4 is 0 Å².